The highest BCUT2D eigenvalue weighted by Gasteiger charge is 2.08. The molecule has 0 atom stereocenters. The number of aliphatic imine (C=N–C) groups is 1. The molecule has 0 aliphatic rings. The van der Waals surface area contributed by atoms with Gasteiger partial charge in [-0.15, -0.1) is 6.58 Å². The maximum atomic E-state index is 11.6. The average Bonchev–Trinajstić information content (AvgIpc) is 2.31. The molecule has 2 amide bonds. The zero-order valence-corrected chi connectivity index (χ0v) is 10.8. The SMILES string of the molecule is C=CCN=C(N)NC(=O)Nc1c(C)cccc1Cl. The number of hydrogen-bond acceptors (Lipinski definition) is 2. The number of carbonyl (C=O) groups excluding carboxylic acids is 1. The summed E-state index contributed by atoms with van der Waals surface area (Å²) in [7, 11) is 0. The first-order valence-electron chi connectivity index (χ1n) is 5.28. The number of nitrogens with two attached hydrogens (primary N) is 1. The van der Waals surface area contributed by atoms with E-state index in [1.54, 1.807) is 18.2 Å². The van der Waals surface area contributed by atoms with Crippen molar-refractivity contribution in [2.75, 3.05) is 11.9 Å². The molecule has 0 radical (unpaired) electrons. The average molecular weight is 267 g/mol. The number of para-hydroxylation sites is 1. The number of nitrogens with one attached hydrogen (secondary N) is 2. The summed E-state index contributed by atoms with van der Waals surface area (Å²) in [5.74, 6) is 0.0251. The Kier molecular flexibility index (Phi) is 5.20. The highest BCUT2D eigenvalue weighted by Crippen LogP contribution is 2.24. The van der Waals surface area contributed by atoms with Crippen LogP contribution in [0.2, 0.25) is 5.02 Å². The third-order valence-corrected chi connectivity index (χ3v) is 2.41. The molecule has 1 aromatic carbocycles. The summed E-state index contributed by atoms with van der Waals surface area (Å²) in [6.45, 7) is 5.68. The van der Waals surface area contributed by atoms with E-state index < -0.39 is 6.03 Å². The van der Waals surface area contributed by atoms with Gasteiger partial charge in [0.2, 0.25) is 0 Å². The van der Waals surface area contributed by atoms with Gasteiger partial charge in [-0.3, -0.25) is 5.32 Å². The molecular formula is C12H15ClN4O. The third kappa shape index (κ3) is 4.10. The van der Waals surface area contributed by atoms with Crippen LogP contribution in [-0.4, -0.2) is 18.5 Å². The number of carbonyl (C=O) groups is 1. The molecule has 1 rings (SSSR count). The van der Waals surface area contributed by atoms with Crippen LogP contribution in [0.3, 0.4) is 0 Å². The van der Waals surface area contributed by atoms with Crippen LogP contribution in [-0.2, 0) is 0 Å². The molecule has 0 spiro atoms. The predicted octanol–water partition coefficient (Wildman–Crippen LogP) is 2.27. The maximum absolute atomic E-state index is 11.6. The van der Waals surface area contributed by atoms with E-state index in [2.05, 4.69) is 22.2 Å². The van der Waals surface area contributed by atoms with Gasteiger partial charge in [0.1, 0.15) is 0 Å². The van der Waals surface area contributed by atoms with Crippen molar-refractivity contribution >= 4 is 29.3 Å². The molecule has 0 heterocycles. The van der Waals surface area contributed by atoms with Gasteiger partial charge in [0.05, 0.1) is 17.3 Å². The van der Waals surface area contributed by atoms with Gasteiger partial charge in [-0.25, -0.2) is 9.79 Å². The number of benzene rings is 1. The monoisotopic (exact) mass is 266 g/mol. The van der Waals surface area contributed by atoms with Crippen LogP contribution in [0.1, 0.15) is 5.56 Å². The molecule has 96 valence electrons. The first kappa shape index (κ1) is 14.1. The number of halogens is 1. The molecule has 18 heavy (non-hydrogen) atoms. The first-order valence-corrected chi connectivity index (χ1v) is 5.66. The summed E-state index contributed by atoms with van der Waals surface area (Å²) in [6.07, 6.45) is 1.57. The van der Waals surface area contributed by atoms with E-state index in [4.69, 9.17) is 17.3 Å². The van der Waals surface area contributed by atoms with Gasteiger partial charge in [-0.05, 0) is 18.6 Å². The Balaban J connectivity index is 2.68. The van der Waals surface area contributed by atoms with Gasteiger partial charge in [0.15, 0.2) is 5.96 Å². The van der Waals surface area contributed by atoms with Gasteiger partial charge in [-0.2, -0.15) is 0 Å². The van der Waals surface area contributed by atoms with E-state index in [1.165, 1.54) is 0 Å². The Morgan fingerprint density at radius 3 is 2.94 bits per heavy atom. The number of amides is 2. The largest absolute Gasteiger partial charge is 0.370 e. The van der Waals surface area contributed by atoms with E-state index in [0.29, 0.717) is 17.3 Å². The van der Waals surface area contributed by atoms with Crippen LogP contribution >= 0.6 is 11.6 Å². The second kappa shape index (κ2) is 6.66. The van der Waals surface area contributed by atoms with Crippen molar-refractivity contribution in [3.05, 3.63) is 41.4 Å². The van der Waals surface area contributed by atoms with Crippen molar-refractivity contribution in [1.82, 2.24) is 5.32 Å². The highest BCUT2D eigenvalue weighted by molar-refractivity contribution is 6.34. The summed E-state index contributed by atoms with van der Waals surface area (Å²) in [4.78, 5) is 15.5. The molecule has 0 aliphatic heterocycles. The van der Waals surface area contributed by atoms with Gasteiger partial charge in [0, 0.05) is 0 Å². The minimum atomic E-state index is -0.489. The lowest BCUT2D eigenvalue weighted by molar-refractivity contribution is 0.256. The molecular weight excluding hydrogens is 252 g/mol. The Labute approximate surface area is 111 Å². The molecule has 0 saturated heterocycles. The molecule has 5 nitrogen and oxygen atoms in total. The normalized spacial score (nSPS) is 10.9. The van der Waals surface area contributed by atoms with E-state index >= 15 is 0 Å². The summed E-state index contributed by atoms with van der Waals surface area (Å²) >= 11 is 5.98. The van der Waals surface area contributed by atoms with E-state index in [9.17, 15) is 4.79 Å². The summed E-state index contributed by atoms with van der Waals surface area (Å²) < 4.78 is 0. The molecule has 0 fully saturated rings. The van der Waals surface area contributed by atoms with Crippen LogP contribution in [0.4, 0.5) is 10.5 Å². The molecule has 6 heteroatoms. The highest BCUT2D eigenvalue weighted by atomic mass is 35.5. The lowest BCUT2D eigenvalue weighted by Crippen LogP contribution is -2.39. The molecule has 0 aromatic heterocycles. The molecule has 0 unspecified atom stereocenters. The van der Waals surface area contributed by atoms with Crippen LogP contribution in [0.25, 0.3) is 0 Å². The number of guanidine groups is 1. The number of aryl methyl sites for hydroxylation is 1. The lowest BCUT2D eigenvalue weighted by Gasteiger charge is -2.10. The number of hydrogen-bond donors (Lipinski definition) is 3. The topological polar surface area (TPSA) is 79.5 Å². The Hall–Kier alpha value is -2.01. The summed E-state index contributed by atoms with van der Waals surface area (Å²) in [6, 6.07) is 4.85. The van der Waals surface area contributed by atoms with Crippen LogP contribution < -0.4 is 16.4 Å². The van der Waals surface area contributed by atoms with E-state index in [-0.39, 0.29) is 5.96 Å². The molecule has 4 N–H and O–H groups in total. The van der Waals surface area contributed by atoms with Crippen molar-refractivity contribution in [3.63, 3.8) is 0 Å². The fraction of sp³-hybridized carbons (Fsp3) is 0.167. The fourth-order valence-electron chi connectivity index (χ4n) is 1.25. The van der Waals surface area contributed by atoms with Gasteiger partial charge in [0.25, 0.3) is 0 Å². The van der Waals surface area contributed by atoms with E-state index in [0.717, 1.165) is 5.56 Å². The van der Waals surface area contributed by atoms with Crippen molar-refractivity contribution in [2.24, 2.45) is 10.7 Å². The summed E-state index contributed by atoms with van der Waals surface area (Å²) in [5, 5.41) is 5.47. The summed E-state index contributed by atoms with van der Waals surface area (Å²) in [5.41, 5.74) is 6.90. The van der Waals surface area contributed by atoms with Crippen LogP contribution in [0.5, 0.6) is 0 Å². The van der Waals surface area contributed by atoms with Gasteiger partial charge >= 0.3 is 6.03 Å². The smallest absolute Gasteiger partial charge is 0.326 e. The minimum Gasteiger partial charge on any atom is -0.370 e. The first-order chi connectivity index (χ1) is 8.54. The molecule has 0 bridgehead atoms. The molecule has 0 aliphatic carbocycles. The second-order valence-corrected chi connectivity index (χ2v) is 3.93. The van der Waals surface area contributed by atoms with Gasteiger partial charge in [-0.1, -0.05) is 29.8 Å². The van der Waals surface area contributed by atoms with Crippen LogP contribution in [0.15, 0.2) is 35.8 Å². The van der Waals surface area contributed by atoms with Crippen LogP contribution in [0, 0.1) is 6.92 Å². The number of rotatable bonds is 3. The fourth-order valence-corrected chi connectivity index (χ4v) is 1.52. The Morgan fingerprint density at radius 1 is 1.61 bits per heavy atom. The number of urea groups is 1. The Morgan fingerprint density at radius 2 is 2.33 bits per heavy atom. The number of nitrogens with zero attached hydrogens (tertiary/aromatic N) is 1. The molecule has 0 saturated carbocycles. The molecule has 1 aromatic rings. The van der Waals surface area contributed by atoms with Crippen molar-refractivity contribution in [2.45, 2.75) is 6.92 Å². The maximum Gasteiger partial charge on any atom is 0.326 e. The van der Waals surface area contributed by atoms with Gasteiger partial charge < -0.3 is 11.1 Å². The van der Waals surface area contributed by atoms with Crippen molar-refractivity contribution < 1.29 is 4.79 Å². The third-order valence-electron chi connectivity index (χ3n) is 2.09. The predicted molar refractivity (Wildman–Crippen MR) is 75.0 cm³/mol. The number of anilines is 1. The van der Waals surface area contributed by atoms with Crippen molar-refractivity contribution in [3.8, 4) is 0 Å². The second-order valence-electron chi connectivity index (χ2n) is 3.53. The minimum absolute atomic E-state index is 0.0251. The zero-order valence-electron chi connectivity index (χ0n) is 10.0. The van der Waals surface area contributed by atoms with Crippen molar-refractivity contribution in [1.29, 1.82) is 0 Å². The standard InChI is InChI=1S/C12H15ClN4O/c1-3-7-15-11(14)17-12(18)16-10-8(2)5-4-6-9(10)13/h3-6H,1,7H2,2H3,(H4,14,15,16,17,18). The van der Waals surface area contributed by atoms with E-state index in [1.807, 2.05) is 13.0 Å². The zero-order chi connectivity index (χ0) is 13.5. The lowest BCUT2D eigenvalue weighted by atomic mass is 10.2. The quantitative estimate of drug-likeness (QED) is 0.446. The Bertz CT molecular complexity index is 465.